The maximum atomic E-state index is 10.7. The molecule has 0 spiro atoms. The van der Waals surface area contributed by atoms with Gasteiger partial charge in [0.1, 0.15) is 19.0 Å². The zero-order valence-electron chi connectivity index (χ0n) is 6.62. The Balaban J connectivity index is 3.20. The number of esters is 1. The lowest BCUT2D eigenvalue weighted by atomic mass is 10.7. The van der Waals surface area contributed by atoms with Crippen LogP contribution in [0.4, 0.5) is 0 Å². The van der Waals surface area contributed by atoms with Crippen LogP contribution in [0.25, 0.3) is 0 Å². The maximum Gasteiger partial charge on any atom is 0.318 e. The molecule has 0 rings (SSSR count). The summed E-state index contributed by atoms with van der Waals surface area (Å²) >= 11 is 0.985. The third-order valence-electron chi connectivity index (χ3n) is 0.765. The molecule has 3 nitrogen and oxygen atoms in total. The van der Waals surface area contributed by atoms with Crippen molar-refractivity contribution in [2.45, 2.75) is 0 Å². The molecule has 0 aliphatic heterocycles. The molecule has 0 aliphatic rings. The molecular weight excluding hydrogens is 176 g/mol. The number of terminal acetylenes is 1. The third-order valence-corrected chi connectivity index (χ3v) is 1.40. The summed E-state index contributed by atoms with van der Waals surface area (Å²) in [5.41, 5.74) is 0. The van der Waals surface area contributed by atoms with Crippen molar-refractivity contribution in [1.82, 2.24) is 0 Å². The molecular formula is C8H10O3S. The first-order valence-corrected chi connectivity index (χ1v) is 4.16. The van der Waals surface area contributed by atoms with Crippen LogP contribution in [0.1, 0.15) is 0 Å². The van der Waals surface area contributed by atoms with Crippen molar-refractivity contribution in [2.24, 2.45) is 0 Å². The van der Waals surface area contributed by atoms with Crippen molar-refractivity contribution < 1.29 is 13.7 Å². The zero-order valence-corrected chi connectivity index (χ0v) is 7.43. The number of carbonyl (C=O) groups excluding carboxylic acids is 1. The second-order valence-corrected chi connectivity index (χ2v) is 2.46. The Kier molecular flexibility index (Phi) is 7.55. The lowest BCUT2D eigenvalue weighted by molar-refractivity contribution is -0.139. The normalized spacial score (nSPS) is 8.58. The van der Waals surface area contributed by atoms with Crippen LogP contribution < -0.4 is 0 Å². The molecule has 0 saturated carbocycles. The molecule has 0 amide bonds. The molecule has 12 heavy (non-hydrogen) atoms. The minimum Gasteiger partial charge on any atom is -0.461 e. The summed E-state index contributed by atoms with van der Waals surface area (Å²) in [6.45, 7) is 3.83. The van der Waals surface area contributed by atoms with Gasteiger partial charge in [0.05, 0.1) is 0 Å². The van der Waals surface area contributed by atoms with E-state index in [4.69, 9.17) is 10.6 Å². The van der Waals surface area contributed by atoms with E-state index in [0.717, 1.165) is 12.0 Å². The largest absolute Gasteiger partial charge is 0.461 e. The quantitative estimate of drug-likeness (QED) is 0.204. The highest BCUT2D eigenvalue weighted by atomic mass is 32.2. The Morgan fingerprint density at radius 1 is 1.75 bits per heavy atom. The van der Waals surface area contributed by atoms with Crippen LogP contribution in [0.5, 0.6) is 0 Å². The van der Waals surface area contributed by atoms with Gasteiger partial charge in [0, 0.05) is 12.0 Å². The van der Waals surface area contributed by atoms with E-state index in [1.165, 1.54) is 6.08 Å². The first-order chi connectivity index (χ1) is 5.81. The summed E-state index contributed by atoms with van der Waals surface area (Å²) in [6.07, 6.45) is 6.41. The lowest BCUT2D eigenvalue weighted by Crippen LogP contribution is -2.07. The Bertz CT molecular complexity index is 183. The summed E-state index contributed by atoms with van der Waals surface area (Å²) < 4.78 is 9.45. The van der Waals surface area contributed by atoms with Crippen molar-refractivity contribution in [3.05, 3.63) is 12.7 Å². The number of hydrogen-bond acceptors (Lipinski definition) is 4. The second-order valence-electron chi connectivity index (χ2n) is 1.70. The number of ether oxygens (including phenoxy) is 1. The molecule has 0 fully saturated rings. The maximum absolute atomic E-state index is 10.7. The van der Waals surface area contributed by atoms with Crippen LogP contribution in [-0.2, 0) is 13.7 Å². The predicted octanol–water partition coefficient (Wildman–Crippen LogP) is 1.01. The fraction of sp³-hybridized carbons (Fsp3) is 0.375. The van der Waals surface area contributed by atoms with Crippen LogP contribution >= 0.6 is 12.0 Å². The monoisotopic (exact) mass is 186 g/mol. The van der Waals surface area contributed by atoms with E-state index < -0.39 is 0 Å². The van der Waals surface area contributed by atoms with E-state index in [1.807, 2.05) is 0 Å². The molecule has 0 aromatic rings. The van der Waals surface area contributed by atoms with E-state index in [0.29, 0.717) is 0 Å². The van der Waals surface area contributed by atoms with E-state index in [9.17, 15) is 4.79 Å². The summed E-state index contributed by atoms with van der Waals surface area (Å²) in [5.74, 6) is 2.09. The van der Waals surface area contributed by atoms with Gasteiger partial charge >= 0.3 is 5.97 Å². The first kappa shape index (κ1) is 11.1. The highest BCUT2D eigenvalue weighted by molar-refractivity contribution is 7.95. The zero-order chi connectivity index (χ0) is 9.23. The molecule has 0 unspecified atom stereocenters. The summed E-state index contributed by atoms with van der Waals surface area (Å²) in [6, 6.07) is 0. The number of rotatable bonds is 6. The van der Waals surface area contributed by atoms with Crippen LogP contribution in [-0.4, -0.2) is 24.9 Å². The van der Waals surface area contributed by atoms with Crippen molar-refractivity contribution in [3.63, 3.8) is 0 Å². The van der Waals surface area contributed by atoms with Gasteiger partial charge in [0.2, 0.25) is 0 Å². The van der Waals surface area contributed by atoms with Gasteiger partial charge in [-0.1, -0.05) is 18.6 Å². The van der Waals surface area contributed by atoms with Gasteiger partial charge in [-0.05, 0) is 0 Å². The van der Waals surface area contributed by atoms with Crippen molar-refractivity contribution >= 4 is 18.0 Å². The first-order valence-electron chi connectivity index (χ1n) is 3.25. The number of hydrogen-bond donors (Lipinski definition) is 0. The SMILES string of the molecule is C#CCOSCC(=O)OCC=C. The minimum absolute atomic E-state index is 0.148. The van der Waals surface area contributed by atoms with Gasteiger partial charge in [-0.25, -0.2) is 0 Å². The summed E-state index contributed by atoms with van der Waals surface area (Å²) in [4.78, 5) is 10.7. The van der Waals surface area contributed by atoms with Gasteiger partial charge in [0.15, 0.2) is 0 Å². The van der Waals surface area contributed by atoms with Crippen LogP contribution in [0.2, 0.25) is 0 Å². The molecule has 0 radical (unpaired) electrons. The van der Waals surface area contributed by atoms with E-state index in [-0.39, 0.29) is 24.9 Å². The van der Waals surface area contributed by atoms with Crippen molar-refractivity contribution in [3.8, 4) is 12.3 Å². The Morgan fingerprint density at radius 3 is 3.08 bits per heavy atom. The van der Waals surface area contributed by atoms with Gasteiger partial charge in [0.25, 0.3) is 0 Å². The molecule has 0 aliphatic carbocycles. The number of carbonyl (C=O) groups is 1. The lowest BCUT2D eigenvalue weighted by Gasteiger charge is -1.99. The van der Waals surface area contributed by atoms with Crippen molar-refractivity contribution in [2.75, 3.05) is 19.0 Å². The molecule has 0 bridgehead atoms. The Hall–Kier alpha value is -0.920. The molecule has 0 atom stereocenters. The second kappa shape index (κ2) is 8.18. The van der Waals surface area contributed by atoms with E-state index in [2.05, 4.69) is 17.2 Å². The smallest absolute Gasteiger partial charge is 0.318 e. The summed E-state index contributed by atoms with van der Waals surface area (Å²) in [7, 11) is 0. The van der Waals surface area contributed by atoms with Gasteiger partial charge in [-0.2, -0.15) is 0 Å². The average Bonchev–Trinajstić information content (AvgIpc) is 2.09. The van der Waals surface area contributed by atoms with Crippen molar-refractivity contribution in [1.29, 1.82) is 0 Å². The molecule has 66 valence electrons. The van der Waals surface area contributed by atoms with Gasteiger partial charge in [-0.3, -0.25) is 4.79 Å². The van der Waals surface area contributed by atoms with Crippen LogP contribution in [0.15, 0.2) is 12.7 Å². The molecule has 4 heteroatoms. The predicted molar refractivity (Wildman–Crippen MR) is 48.4 cm³/mol. The third kappa shape index (κ3) is 7.19. The molecule has 0 saturated heterocycles. The van der Waals surface area contributed by atoms with Gasteiger partial charge < -0.3 is 8.92 Å². The fourth-order valence-electron chi connectivity index (χ4n) is 0.359. The van der Waals surface area contributed by atoms with E-state index >= 15 is 0 Å². The van der Waals surface area contributed by atoms with Gasteiger partial charge in [-0.15, -0.1) is 6.42 Å². The Morgan fingerprint density at radius 2 is 2.50 bits per heavy atom. The highest BCUT2D eigenvalue weighted by Crippen LogP contribution is 2.01. The Labute approximate surface area is 76.3 Å². The van der Waals surface area contributed by atoms with Crippen LogP contribution in [0.3, 0.4) is 0 Å². The van der Waals surface area contributed by atoms with E-state index in [1.54, 1.807) is 0 Å². The fourth-order valence-corrected chi connectivity index (χ4v) is 0.773. The summed E-state index contributed by atoms with van der Waals surface area (Å²) in [5, 5.41) is 0. The standard InChI is InChI=1S/C8H10O3S/c1-3-5-10-8(9)7-12-11-6-4-2/h2-3H,1,5-7H2. The topological polar surface area (TPSA) is 35.5 Å². The average molecular weight is 186 g/mol. The highest BCUT2D eigenvalue weighted by Gasteiger charge is 2.00. The molecule has 0 N–H and O–H groups in total. The molecule has 0 aromatic carbocycles. The molecule has 0 heterocycles. The molecule has 0 aromatic heterocycles. The van der Waals surface area contributed by atoms with Crippen LogP contribution in [0, 0.1) is 12.3 Å². The minimum atomic E-state index is -0.336.